The lowest BCUT2D eigenvalue weighted by atomic mass is 10.1. The number of imidazole rings is 1. The van der Waals surface area contributed by atoms with Gasteiger partial charge in [-0.1, -0.05) is 13.8 Å². The summed E-state index contributed by atoms with van der Waals surface area (Å²) in [6, 6.07) is 4.78. The molecule has 0 fully saturated rings. The first-order chi connectivity index (χ1) is 13.2. The van der Waals surface area contributed by atoms with E-state index in [1.165, 1.54) is 19.2 Å². The van der Waals surface area contributed by atoms with E-state index in [1.54, 1.807) is 30.7 Å². The van der Waals surface area contributed by atoms with Crippen LogP contribution in [0, 0.1) is 12.8 Å². The summed E-state index contributed by atoms with van der Waals surface area (Å²) in [5, 5.41) is 9.21. The van der Waals surface area contributed by atoms with E-state index in [2.05, 4.69) is 9.97 Å². The molecule has 1 aromatic carbocycles. The summed E-state index contributed by atoms with van der Waals surface area (Å²) in [6.45, 7) is 5.56. The van der Waals surface area contributed by atoms with Crippen LogP contribution in [0.25, 0.3) is 0 Å². The summed E-state index contributed by atoms with van der Waals surface area (Å²) < 4.78 is 32.8. The number of amides is 1. The summed E-state index contributed by atoms with van der Waals surface area (Å²) in [7, 11) is -2.53. The van der Waals surface area contributed by atoms with Crippen molar-refractivity contribution in [3.8, 4) is 5.75 Å². The Bertz CT molecular complexity index is 893. The number of ether oxygens (including phenoxy) is 1. The molecule has 10 heteroatoms. The highest BCUT2D eigenvalue weighted by molar-refractivity contribution is 7.89. The highest BCUT2D eigenvalue weighted by Gasteiger charge is 2.36. The number of H-pyrrole nitrogens is 1. The van der Waals surface area contributed by atoms with Crippen molar-refractivity contribution in [2.75, 3.05) is 13.7 Å². The van der Waals surface area contributed by atoms with Crippen LogP contribution in [0.3, 0.4) is 0 Å². The molecule has 0 saturated heterocycles. The van der Waals surface area contributed by atoms with E-state index in [0.29, 0.717) is 17.3 Å². The summed E-state index contributed by atoms with van der Waals surface area (Å²) in [6.07, 6.45) is 1.58. The number of aromatic nitrogens is 2. The maximum absolute atomic E-state index is 13.3. The molecule has 0 aliphatic heterocycles. The molecule has 1 atom stereocenters. The first kappa shape index (κ1) is 21.9. The zero-order valence-corrected chi connectivity index (χ0v) is 17.2. The minimum atomic E-state index is -4.02. The van der Waals surface area contributed by atoms with Crippen LogP contribution in [0.1, 0.15) is 25.4 Å². The van der Waals surface area contributed by atoms with Crippen molar-refractivity contribution in [2.45, 2.75) is 38.1 Å². The van der Waals surface area contributed by atoms with Gasteiger partial charge in [0.25, 0.3) is 5.91 Å². The van der Waals surface area contributed by atoms with Crippen molar-refractivity contribution in [2.24, 2.45) is 5.92 Å². The molecular formula is C18H26N4O5S. The van der Waals surface area contributed by atoms with Gasteiger partial charge < -0.3 is 9.72 Å². The Morgan fingerprint density at radius 3 is 2.43 bits per heavy atom. The molecule has 2 rings (SSSR count). The van der Waals surface area contributed by atoms with E-state index in [0.717, 1.165) is 4.31 Å². The highest BCUT2D eigenvalue weighted by atomic mass is 32.2. The number of nitrogens with one attached hydrogen (secondary N) is 2. The second-order valence-electron chi connectivity index (χ2n) is 6.83. The maximum atomic E-state index is 13.3. The van der Waals surface area contributed by atoms with Gasteiger partial charge in [0.2, 0.25) is 10.0 Å². The zero-order chi connectivity index (χ0) is 20.9. The van der Waals surface area contributed by atoms with Gasteiger partial charge in [0.05, 0.1) is 12.0 Å². The zero-order valence-electron chi connectivity index (χ0n) is 16.3. The van der Waals surface area contributed by atoms with Crippen LogP contribution in [-0.4, -0.2) is 53.5 Å². The lowest BCUT2D eigenvalue weighted by Crippen LogP contribution is -2.51. The quantitative estimate of drug-likeness (QED) is 0.425. The Balaban J connectivity index is 2.47. The van der Waals surface area contributed by atoms with Crippen LogP contribution in [0.2, 0.25) is 0 Å². The van der Waals surface area contributed by atoms with Crippen LogP contribution in [0.15, 0.2) is 35.4 Å². The topological polar surface area (TPSA) is 125 Å². The fraction of sp³-hybridized carbons (Fsp3) is 0.444. The third-order valence-corrected chi connectivity index (χ3v) is 6.03. The van der Waals surface area contributed by atoms with Gasteiger partial charge in [0.15, 0.2) is 0 Å². The second kappa shape index (κ2) is 9.18. The number of nitrogens with zero attached hydrogens (tertiary/aromatic N) is 2. The van der Waals surface area contributed by atoms with Gasteiger partial charge in [-0.25, -0.2) is 18.9 Å². The first-order valence-electron chi connectivity index (χ1n) is 8.79. The van der Waals surface area contributed by atoms with Crippen molar-refractivity contribution >= 4 is 15.9 Å². The van der Waals surface area contributed by atoms with Crippen LogP contribution < -0.4 is 10.2 Å². The number of hydroxylamine groups is 1. The summed E-state index contributed by atoms with van der Waals surface area (Å²) in [5.41, 5.74) is 2.18. The minimum Gasteiger partial charge on any atom is -0.497 e. The Morgan fingerprint density at radius 1 is 1.32 bits per heavy atom. The summed E-state index contributed by atoms with van der Waals surface area (Å²) in [4.78, 5) is 19.5. The van der Waals surface area contributed by atoms with Crippen molar-refractivity contribution < 1.29 is 23.2 Å². The molecule has 0 aliphatic rings. The van der Waals surface area contributed by atoms with Crippen molar-refractivity contribution in [3.63, 3.8) is 0 Å². The van der Waals surface area contributed by atoms with Gasteiger partial charge in [-0.2, -0.15) is 4.31 Å². The van der Waals surface area contributed by atoms with E-state index in [9.17, 15) is 18.4 Å². The molecule has 0 spiro atoms. The van der Waals surface area contributed by atoms with Crippen LogP contribution in [-0.2, 0) is 21.2 Å². The van der Waals surface area contributed by atoms with Crippen molar-refractivity contribution in [1.82, 2.24) is 19.8 Å². The van der Waals surface area contributed by atoms with E-state index < -0.39 is 22.0 Å². The predicted octanol–water partition coefficient (Wildman–Crippen LogP) is 1.49. The van der Waals surface area contributed by atoms with Gasteiger partial charge in [-0.15, -0.1) is 0 Å². The molecule has 0 bridgehead atoms. The Hall–Kier alpha value is -2.43. The normalized spacial score (nSPS) is 13.0. The smallest absolute Gasteiger partial charge is 0.262 e. The molecule has 0 radical (unpaired) electrons. The maximum Gasteiger partial charge on any atom is 0.262 e. The first-order valence-corrected chi connectivity index (χ1v) is 10.2. The summed E-state index contributed by atoms with van der Waals surface area (Å²) >= 11 is 0. The van der Waals surface area contributed by atoms with Crippen LogP contribution >= 0.6 is 0 Å². The SMILES string of the molecule is COc1ccc(S(=O)(=O)N(CC(C)C)C(Cc2cnc(C)[nH]2)C(=O)NO)cc1. The molecule has 9 nitrogen and oxygen atoms in total. The molecule has 1 heterocycles. The van der Waals surface area contributed by atoms with Crippen molar-refractivity contribution in [1.29, 1.82) is 0 Å². The van der Waals surface area contributed by atoms with Gasteiger partial charge >= 0.3 is 0 Å². The Morgan fingerprint density at radius 2 is 1.96 bits per heavy atom. The number of carbonyl (C=O) groups is 1. The molecule has 1 unspecified atom stereocenters. The van der Waals surface area contributed by atoms with Crippen molar-refractivity contribution in [3.05, 3.63) is 42.0 Å². The van der Waals surface area contributed by atoms with Gasteiger partial charge in [0, 0.05) is 24.9 Å². The standard InChI is InChI=1S/C18H26N4O5S/c1-12(2)11-22(28(25,26)16-7-5-15(27-4)6-8-16)17(18(23)21-24)9-14-10-19-13(3)20-14/h5-8,10,12,17,24H,9,11H2,1-4H3,(H,19,20)(H,21,23). The molecule has 1 amide bonds. The molecule has 1 aromatic heterocycles. The van der Waals surface area contributed by atoms with Gasteiger partial charge in [0.1, 0.15) is 17.6 Å². The molecule has 154 valence electrons. The Labute approximate surface area is 164 Å². The number of hydrogen-bond donors (Lipinski definition) is 3. The third kappa shape index (κ3) is 5.09. The highest BCUT2D eigenvalue weighted by Crippen LogP contribution is 2.24. The lowest BCUT2D eigenvalue weighted by molar-refractivity contribution is -0.133. The molecule has 0 aliphatic carbocycles. The number of aromatic amines is 1. The minimum absolute atomic E-state index is 0.0329. The average molecular weight is 410 g/mol. The van der Waals surface area contributed by atoms with E-state index in [1.807, 2.05) is 13.8 Å². The average Bonchev–Trinajstić information content (AvgIpc) is 3.08. The number of rotatable bonds is 9. The number of aryl methyl sites for hydroxylation is 1. The molecule has 0 saturated carbocycles. The number of methoxy groups -OCH3 is 1. The van der Waals surface area contributed by atoms with Gasteiger partial charge in [-0.3, -0.25) is 10.0 Å². The van der Waals surface area contributed by atoms with Crippen LogP contribution in [0.4, 0.5) is 0 Å². The van der Waals surface area contributed by atoms with E-state index in [-0.39, 0.29) is 23.8 Å². The Kier molecular flexibility index (Phi) is 7.17. The molecular weight excluding hydrogens is 384 g/mol. The van der Waals surface area contributed by atoms with Crippen LogP contribution in [0.5, 0.6) is 5.75 Å². The number of hydrogen-bond acceptors (Lipinski definition) is 6. The third-order valence-electron chi connectivity index (χ3n) is 4.14. The molecule has 2 aromatic rings. The van der Waals surface area contributed by atoms with E-state index in [4.69, 9.17) is 4.74 Å². The molecule has 28 heavy (non-hydrogen) atoms. The number of sulfonamides is 1. The molecule has 3 N–H and O–H groups in total. The monoisotopic (exact) mass is 410 g/mol. The van der Waals surface area contributed by atoms with E-state index >= 15 is 0 Å². The number of benzene rings is 1. The van der Waals surface area contributed by atoms with Gasteiger partial charge in [-0.05, 0) is 37.1 Å². The fourth-order valence-electron chi connectivity index (χ4n) is 2.82. The summed E-state index contributed by atoms with van der Waals surface area (Å²) in [5.74, 6) is 0.300. The number of carbonyl (C=O) groups excluding carboxylic acids is 1. The predicted molar refractivity (Wildman–Crippen MR) is 102 cm³/mol. The largest absolute Gasteiger partial charge is 0.497 e. The second-order valence-corrected chi connectivity index (χ2v) is 8.72. The fourth-order valence-corrected chi connectivity index (χ4v) is 4.57. The lowest BCUT2D eigenvalue weighted by Gasteiger charge is -2.30.